The number of ether oxygens (including phenoxy) is 2. The monoisotopic (exact) mass is 441 g/mol. The minimum absolute atomic E-state index is 0.222. The van der Waals surface area contributed by atoms with Crippen LogP contribution in [0.4, 0.5) is 0 Å². The Kier molecular flexibility index (Phi) is 6.11. The normalized spacial score (nSPS) is 17.6. The van der Waals surface area contributed by atoms with E-state index in [1.807, 2.05) is 60.0 Å². The second-order valence-electron chi connectivity index (χ2n) is 7.80. The smallest absolute Gasteiger partial charge is 0.167 e. The maximum atomic E-state index is 13.3. The third kappa shape index (κ3) is 4.22. The number of aryl methyl sites for hydroxylation is 1. The Bertz CT molecular complexity index is 1150. The molecule has 0 unspecified atom stereocenters. The van der Waals surface area contributed by atoms with Crippen molar-refractivity contribution < 1.29 is 17.9 Å². The zero-order chi connectivity index (χ0) is 22.0. The number of hydrogen-bond donors (Lipinski definition) is 0. The van der Waals surface area contributed by atoms with Gasteiger partial charge in [-0.05, 0) is 43.9 Å². The molecule has 31 heavy (non-hydrogen) atoms. The van der Waals surface area contributed by atoms with Crippen LogP contribution in [0.3, 0.4) is 0 Å². The van der Waals surface area contributed by atoms with E-state index in [9.17, 15) is 8.42 Å². The van der Waals surface area contributed by atoms with E-state index in [0.717, 1.165) is 29.7 Å². The number of para-hydroxylation sites is 1. The van der Waals surface area contributed by atoms with E-state index >= 15 is 0 Å². The summed E-state index contributed by atoms with van der Waals surface area (Å²) in [6.45, 7) is 4.32. The predicted octanol–water partition coefficient (Wildman–Crippen LogP) is 4.11. The zero-order valence-electron chi connectivity index (χ0n) is 18.0. The van der Waals surface area contributed by atoms with Gasteiger partial charge in [0.25, 0.3) is 0 Å². The van der Waals surface area contributed by atoms with Crippen LogP contribution in [0.25, 0.3) is 5.69 Å². The summed E-state index contributed by atoms with van der Waals surface area (Å²) in [6.07, 6.45) is 1.53. The molecule has 1 aromatic heterocycles. The molecule has 0 spiro atoms. The average Bonchev–Trinajstić information content (AvgIpc) is 3.43. The fourth-order valence-corrected chi connectivity index (χ4v) is 5.35. The van der Waals surface area contributed by atoms with Crippen LogP contribution in [-0.4, -0.2) is 36.9 Å². The quantitative estimate of drug-likeness (QED) is 0.549. The van der Waals surface area contributed by atoms with Gasteiger partial charge in [-0.1, -0.05) is 42.5 Å². The van der Waals surface area contributed by atoms with Crippen LogP contribution >= 0.6 is 0 Å². The van der Waals surface area contributed by atoms with Gasteiger partial charge in [0.1, 0.15) is 17.6 Å². The predicted molar refractivity (Wildman–Crippen MR) is 118 cm³/mol. The number of nitrogens with zero attached hydrogens (tertiary/aromatic N) is 3. The average molecular weight is 442 g/mol. The molecule has 0 radical (unpaired) electrons. The van der Waals surface area contributed by atoms with Crippen molar-refractivity contribution in [3.63, 3.8) is 0 Å². The molecule has 1 saturated heterocycles. The molecule has 0 aliphatic carbocycles. The van der Waals surface area contributed by atoms with Crippen molar-refractivity contribution in [2.24, 2.45) is 0 Å². The van der Waals surface area contributed by atoms with E-state index in [-0.39, 0.29) is 11.9 Å². The van der Waals surface area contributed by atoms with Crippen molar-refractivity contribution in [1.29, 1.82) is 0 Å². The van der Waals surface area contributed by atoms with Crippen LogP contribution in [0.15, 0.2) is 48.5 Å². The fourth-order valence-electron chi connectivity index (χ4n) is 3.98. The molecular weight excluding hydrogens is 414 g/mol. The standard InChI is InChI=1S/C23H27N3O4S/c1-16-9-7-12-19(29-3)22(16)26-21(24-25-23(26)20-13-8-14-30-20)15-31(27,28)17(2)18-10-5-4-6-11-18/h4-7,9-12,17,20H,8,13-15H2,1-3H3/t17-,20-/m0/s1. The van der Waals surface area contributed by atoms with Crippen molar-refractivity contribution in [1.82, 2.24) is 14.8 Å². The molecule has 2 heterocycles. The number of hydrogen-bond acceptors (Lipinski definition) is 6. The highest BCUT2D eigenvalue weighted by molar-refractivity contribution is 7.90. The van der Waals surface area contributed by atoms with E-state index in [1.54, 1.807) is 14.0 Å². The summed E-state index contributed by atoms with van der Waals surface area (Å²) in [5.74, 6) is 1.37. The van der Waals surface area contributed by atoms with Gasteiger partial charge in [-0.2, -0.15) is 0 Å². The molecule has 8 heteroatoms. The Morgan fingerprint density at radius 3 is 2.61 bits per heavy atom. The Labute approximate surface area is 183 Å². The van der Waals surface area contributed by atoms with Crippen molar-refractivity contribution in [2.45, 2.75) is 43.8 Å². The lowest BCUT2D eigenvalue weighted by atomic mass is 10.1. The van der Waals surface area contributed by atoms with Gasteiger partial charge in [0.05, 0.1) is 18.0 Å². The van der Waals surface area contributed by atoms with Gasteiger partial charge in [-0.25, -0.2) is 8.42 Å². The SMILES string of the molecule is COc1cccc(C)c1-n1c(CS(=O)(=O)[C@@H](C)c2ccccc2)nnc1[C@@H]1CCCO1. The molecule has 1 aliphatic rings. The van der Waals surface area contributed by atoms with E-state index in [2.05, 4.69) is 10.2 Å². The summed E-state index contributed by atoms with van der Waals surface area (Å²) < 4.78 is 39.9. The number of sulfone groups is 1. The Hall–Kier alpha value is -2.71. The third-order valence-corrected chi connectivity index (χ3v) is 7.77. The second-order valence-corrected chi connectivity index (χ2v) is 10.1. The first-order valence-corrected chi connectivity index (χ1v) is 12.1. The van der Waals surface area contributed by atoms with Crippen molar-refractivity contribution >= 4 is 9.84 Å². The summed E-state index contributed by atoms with van der Waals surface area (Å²) in [6, 6.07) is 14.9. The Morgan fingerprint density at radius 1 is 1.16 bits per heavy atom. The van der Waals surface area contributed by atoms with E-state index < -0.39 is 15.1 Å². The number of aromatic nitrogens is 3. The van der Waals surface area contributed by atoms with Crippen LogP contribution in [0, 0.1) is 6.92 Å². The van der Waals surface area contributed by atoms with Gasteiger partial charge in [-0.15, -0.1) is 10.2 Å². The molecule has 1 aliphatic heterocycles. The van der Waals surface area contributed by atoms with Crippen LogP contribution < -0.4 is 4.74 Å². The lowest BCUT2D eigenvalue weighted by Gasteiger charge is -2.19. The largest absolute Gasteiger partial charge is 0.495 e. The van der Waals surface area contributed by atoms with Crippen LogP contribution in [0.2, 0.25) is 0 Å². The Morgan fingerprint density at radius 2 is 1.94 bits per heavy atom. The highest BCUT2D eigenvalue weighted by atomic mass is 32.2. The summed E-state index contributed by atoms with van der Waals surface area (Å²) >= 11 is 0. The van der Waals surface area contributed by atoms with Gasteiger partial charge in [0.15, 0.2) is 21.5 Å². The van der Waals surface area contributed by atoms with Gasteiger partial charge in [0, 0.05) is 6.61 Å². The van der Waals surface area contributed by atoms with Crippen LogP contribution in [0.1, 0.15) is 53.9 Å². The van der Waals surface area contributed by atoms with E-state index in [0.29, 0.717) is 24.0 Å². The van der Waals surface area contributed by atoms with Gasteiger partial charge < -0.3 is 9.47 Å². The molecule has 0 amide bonds. The number of rotatable bonds is 7. The zero-order valence-corrected chi connectivity index (χ0v) is 18.8. The molecule has 164 valence electrons. The summed E-state index contributed by atoms with van der Waals surface area (Å²) in [5, 5.41) is 8.03. The van der Waals surface area contributed by atoms with E-state index in [1.165, 1.54) is 0 Å². The van der Waals surface area contributed by atoms with Crippen LogP contribution in [0.5, 0.6) is 5.75 Å². The second kappa shape index (κ2) is 8.80. The molecule has 0 N–H and O–H groups in total. The van der Waals surface area contributed by atoms with Crippen molar-refractivity contribution in [2.75, 3.05) is 13.7 Å². The van der Waals surface area contributed by atoms with Gasteiger partial charge in [-0.3, -0.25) is 4.57 Å². The van der Waals surface area contributed by atoms with Crippen LogP contribution in [-0.2, 0) is 20.3 Å². The highest BCUT2D eigenvalue weighted by Crippen LogP contribution is 2.35. The number of benzene rings is 2. The fraction of sp³-hybridized carbons (Fsp3) is 0.391. The topological polar surface area (TPSA) is 83.3 Å². The molecule has 0 bridgehead atoms. The first kappa shape index (κ1) is 21.5. The molecule has 0 saturated carbocycles. The minimum atomic E-state index is -3.54. The highest BCUT2D eigenvalue weighted by Gasteiger charge is 2.31. The van der Waals surface area contributed by atoms with Crippen molar-refractivity contribution in [3.05, 3.63) is 71.3 Å². The summed E-state index contributed by atoms with van der Waals surface area (Å²) in [5.41, 5.74) is 2.44. The van der Waals surface area contributed by atoms with Crippen molar-refractivity contribution in [3.8, 4) is 11.4 Å². The van der Waals surface area contributed by atoms with Gasteiger partial charge in [0.2, 0.25) is 0 Å². The summed E-state index contributed by atoms with van der Waals surface area (Å²) in [7, 11) is -1.94. The first-order chi connectivity index (χ1) is 14.9. The maximum Gasteiger partial charge on any atom is 0.167 e. The minimum Gasteiger partial charge on any atom is -0.495 e. The maximum absolute atomic E-state index is 13.3. The summed E-state index contributed by atoms with van der Waals surface area (Å²) in [4.78, 5) is 0. The van der Waals surface area contributed by atoms with E-state index in [4.69, 9.17) is 9.47 Å². The Balaban J connectivity index is 1.81. The molecule has 2 atom stereocenters. The molecule has 7 nitrogen and oxygen atoms in total. The number of methoxy groups -OCH3 is 1. The molecule has 3 aromatic rings. The molecule has 4 rings (SSSR count). The van der Waals surface area contributed by atoms with Gasteiger partial charge >= 0.3 is 0 Å². The lowest BCUT2D eigenvalue weighted by molar-refractivity contribution is 0.103. The lowest BCUT2D eigenvalue weighted by Crippen LogP contribution is -2.18. The first-order valence-electron chi connectivity index (χ1n) is 10.4. The molecule has 2 aromatic carbocycles. The molecule has 1 fully saturated rings. The molecular formula is C23H27N3O4S. The third-order valence-electron chi connectivity index (χ3n) is 5.75.